The van der Waals surface area contributed by atoms with Crippen molar-refractivity contribution >= 4 is 17.1 Å². The van der Waals surface area contributed by atoms with Gasteiger partial charge in [0, 0.05) is 29.6 Å². The lowest BCUT2D eigenvalue weighted by atomic mass is 10.0. The number of allylic oxidation sites excluding steroid dienone is 4. The van der Waals surface area contributed by atoms with Crippen molar-refractivity contribution in [2.75, 3.05) is 0 Å². The van der Waals surface area contributed by atoms with E-state index in [1.54, 1.807) is 0 Å². The lowest BCUT2D eigenvalue weighted by Crippen LogP contribution is -2.01. The van der Waals surface area contributed by atoms with Crippen molar-refractivity contribution in [1.82, 2.24) is 4.98 Å². The first-order valence-corrected chi connectivity index (χ1v) is 5.04. The van der Waals surface area contributed by atoms with Crippen molar-refractivity contribution in [2.45, 2.75) is 12.8 Å². The van der Waals surface area contributed by atoms with Crippen LogP contribution in [0.5, 0.6) is 0 Å². The number of hydrogen-bond donors (Lipinski definition) is 0. The second kappa shape index (κ2) is 4.29. The SMILES string of the molecule is S=C1C=CC=C(Cc2ccccn2)C1. The molecule has 2 heteroatoms. The molecular weight excluding hydrogens is 190 g/mol. The summed E-state index contributed by atoms with van der Waals surface area (Å²) in [7, 11) is 0. The lowest BCUT2D eigenvalue weighted by molar-refractivity contribution is 1.02. The molecule has 1 aliphatic rings. The highest BCUT2D eigenvalue weighted by atomic mass is 32.1. The fourth-order valence-corrected chi connectivity index (χ4v) is 1.75. The molecule has 70 valence electrons. The van der Waals surface area contributed by atoms with Gasteiger partial charge in [0.2, 0.25) is 0 Å². The molecule has 0 radical (unpaired) electrons. The second-order valence-corrected chi connectivity index (χ2v) is 3.85. The fourth-order valence-electron chi connectivity index (χ4n) is 1.49. The Morgan fingerprint density at radius 2 is 2.29 bits per heavy atom. The van der Waals surface area contributed by atoms with Gasteiger partial charge in [-0.05, 0) is 18.2 Å². The van der Waals surface area contributed by atoms with Crippen LogP contribution in [-0.2, 0) is 6.42 Å². The first-order chi connectivity index (χ1) is 6.84. The zero-order valence-corrected chi connectivity index (χ0v) is 8.63. The Balaban J connectivity index is 2.09. The average Bonchev–Trinajstić information content (AvgIpc) is 2.19. The van der Waals surface area contributed by atoms with Crippen LogP contribution in [0.25, 0.3) is 0 Å². The zero-order chi connectivity index (χ0) is 9.80. The molecule has 1 aromatic rings. The third-order valence-electron chi connectivity index (χ3n) is 2.15. The Morgan fingerprint density at radius 1 is 1.36 bits per heavy atom. The summed E-state index contributed by atoms with van der Waals surface area (Å²) in [6.45, 7) is 0. The highest BCUT2D eigenvalue weighted by molar-refractivity contribution is 7.80. The summed E-state index contributed by atoms with van der Waals surface area (Å²) in [6.07, 6.45) is 9.77. The first-order valence-electron chi connectivity index (χ1n) is 4.63. The van der Waals surface area contributed by atoms with Gasteiger partial charge in [-0.3, -0.25) is 4.98 Å². The van der Waals surface area contributed by atoms with Crippen LogP contribution >= 0.6 is 12.2 Å². The molecule has 2 rings (SSSR count). The maximum absolute atomic E-state index is 5.15. The van der Waals surface area contributed by atoms with Crippen LogP contribution in [0.3, 0.4) is 0 Å². The van der Waals surface area contributed by atoms with E-state index in [1.807, 2.05) is 36.5 Å². The standard InChI is InChI=1S/C12H11NS/c14-12-6-3-4-10(9-12)8-11-5-1-2-7-13-11/h1-7H,8-9H2. The van der Waals surface area contributed by atoms with Gasteiger partial charge in [-0.1, -0.05) is 36.0 Å². The molecule has 0 amide bonds. The number of pyridine rings is 1. The van der Waals surface area contributed by atoms with E-state index in [2.05, 4.69) is 11.1 Å². The molecule has 0 aromatic carbocycles. The predicted octanol–water partition coefficient (Wildman–Crippen LogP) is 2.88. The summed E-state index contributed by atoms with van der Waals surface area (Å²) in [5, 5.41) is 0. The van der Waals surface area contributed by atoms with Crippen LogP contribution in [0.4, 0.5) is 0 Å². The molecule has 0 saturated carbocycles. The smallest absolute Gasteiger partial charge is 0.0444 e. The molecule has 1 nitrogen and oxygen atoms in total. The Labute approximate surface area is 89.2 Å². The van der Waals surface area contributed by atoms with Crippen molar-refractivity contribution in [1.29, 1.82) is 0 Å². The fraction of sp³-hybridized carbons (Fsp3) is 0.167. The van der Waals surface area contributed by atoms with E-state index in [1.165, 1.54) is 5.57 Å². The summed E-state index contributed by atoms with van der Waals surface area (Å²) < 4.78 is 0. The van der Waals surface area contributed by atoms with Gasteiger partial charge in [0.15, 0.2) is 0 Å². The molecule has 0 fully saturated rings. The highest BCUT2D eigenvalue weighted by Gasteiger charge is 2.05. The van der Waals surface area contributed by atoms with Gasteiger partial charge < -0.3 is 0 Å². The number of thiocarbonyl (C=S) groups is 1. The number of hydrogen-bond acceptors (Lipinski definition) is 2. The third kappa shape index (κ3) is 2.36. The van der Waals surface area contributed by atoms with Gasteiger partial charge in [-0.15, -0.1) is 0 Å². The maximum atomic E-state index is 5.15. The monoisotopic (exact) mass is 201 g/mol. The van der Waals surface area contributed by atoms with Crippen LogP contribution in [-0.4, -0.2) is 9.85 Å². The van der Waals surface area contributed by atoms with Crippen molar-refractivity contribution in [3.8, 4) is 0 Å². The summed E-state index contributed by atoms with van der Waals surface area (Å²) >= 11 is 5.15. The maximum Gasteiger partial charge on any atom is 0.0444 e. The zero-order valence-electron chi connectivity index (χ0n) is 7.81. The van der Waals surface area contributed by atoms with Gasteiger partial charge >= 0.3 is 0 Å². The van der Waals surface area contributed by atoms with Gasteiger partial charge in [0.05, 0.1) is 0 Å². The molecule has 1 aliphatic carbocycles. The second-order valence-electron chi connectivity index (χ2n) is 3.32. The number of rotatable bonds is 2. The number of aromatic nitrogens is 1. The molecule has 0 N–H and O–H groups in total. The summed E-state index contributed by atoms with van der Waals surface area (Å²) in [5.41, 5.74) is 2.45. The Bertz CT molecular complexity index is 390. The summed E-state index contributed by atoms with van der Waals surface area (Å²) in [5.74, 6) is 0. The van der Waals surface area contributed by atoms with E-state index in [9.17, 15) is 0 Å². The number of nitrogens with zero attached hydrogens (tertiary/aromatic N) is 1. The Morgan fingerprint density at radius 3 is 3.00 bits per heavy atom. The van der Waals surface area contributed by atoms with Crippen molar-refractivity contribution in [3.05, 3.63) is 53.9 Å². The van der Waals surface area contributed by atoms with Gasteiger partial charge in [-0.25, -0.2) is 0 Å². The van der Waals surface area contributed by atoms with Crippen LogP contribution in [0, 0.1) is 0 Å². The summed E-state index contributed by atoms with van der Waals surface area (Å²) in [6, 6.07) is 5.99. The van der Waals surface area contributed by atoms with Crippen LogP contribution in [0.15, 0.2) is 48.2 Å². The molecule has 0 bridgehead atoms. The van der Waals surface area contributed by atoms with Crippen molar-refractivity contribution in [2.24, 2.45) is 0 Å². The Hall–Kier alpha value is -1.28. The van der Waals surface area contributed by atoms with E-state index >= 15 is 0 Å². The van der Waals surface area contributed by atoms with E-state index in [0.717, 1.165) is 23.4 Å². The van der Waals surface area contributed by atoms with Gasteiger partial charge in [0.25, 0.3) is 0 Å². The summed E-state index contributed by atoms with van der Waals surface area (Å²) in [4.78, 5) is 5.30. The molecule has 14 heavy (non-hydrogen) atoms. The highest BCUT2D eigenvalue weighted by Crippen LogP contribution is 2.14. The molecule has 0 unspecified atom stereocenters. The predicted molar refractivity (Wildman–Crippen MR) is 62.4 cm³/mol. The molecule has 0 aliphatic heterocycles. The van der Waals surface area contributed by atoms with E-state index in [-0.39, 0.29) is 0 Å². The van der Waals surface area contributed by atoms with Gasteiger partial charge in [-0.2, -0.15) is 0 Å². The van der Waals surface area contributed by atoms with Crippen molar-refractivity contribution < 1.29 is 0 Å². The topological polar surface area (TPSA) is 12.9 Å². The molecule has 0 spiro atoms. The van der Waals surface area contributed by atoms with E-state index < -0.39 is 0 Å². The average molecular weight is 201 g/mol. The quantitative estimate of drug-likeness (QED) is 0.682. The first kappa shape index (κ1) is 9.28. The van der Waals surface area contributed by atoms with Crippen LogP contribution < -0.4 is 0 Å². The minimum atomic E-state index is 0.905. The molecule has 1 aromatic heterocycles. The van der Waals surface area contributed by atoms with E-state index in [4.69, 9.17) is 12.2 Å². The van der Waals surface area contributed by atoms with Gasteiger partial charge in [0.1, 0.15) is 0 Å². The van der Waals surface area contributed by atoms with Crippen LogP contribution in [0.2, 0.25) is 0 Å². The van der Waals surface area contributed by atoms with Crippen molar-refractivity contribution in [3.63, 3.8) is 0 Å². The molecule has 0 saturated heterocycles. The minimum absolute atomic E-state index is 0.905. The third-order valence-corrected chi connectivity index (χ3v) is 2.43. The van der Waals surface area contributed by atoms with Crippen LogP contribution in [0.1, 0.15) is 12.1 Å². The molecule has 0 atom stereocenters. The molecular formula is C12H11NS. The minimum Gasteiger partial charge on any atom is -0.261 e. The van der Waals surface area contributed by atoms with E-state index in [0.29, 0.717) is 0 Å². The Kier molecular flexibility index (Phi) is 2.84. The molecule has 1 heterocycles. The normalized spacial score (nSPS) is 15.4. The largest absolute Gasteiger partial charge is 0.261 e. The lowest BCUT2D eigenvalue weighted by Gasteiger charge is -2.08.